The molecular formula is C17H29IN4OS. The van der Waals surface area contributed by atoms with Gasteiger partial charge in [0.1, 0.15) is 5.01 Å². The minimum Gasteiger partial charge on any atom is -0.381 e. The lowest BCUT2D eigenvalue weighted by Gasteiger charge is -2.24. The van der Waals surface area contributed by atoms with Crippen molar-refractivity contribution < 1.29 is 4.74 Å². The van der Waals surface area contributed by atoms with E-state index in [0.717, 1.165) is 43.8 Å². The fourth-order valence-electron chi connectivity index (χ4n) is 3.65. The molecule has 2 aliphatic heterocycles. The standard InChI is InChI=1S/C17H28N4OS.HI/c1-12(2)15-13(3)23-14(20-15)9-19-16(18-4)21-7-5-17(10-21)6-8-22-11-17;/h12H,5-11H2,1-4H3,(H,18,19);1H. The molecule has 0 saturated carbocycles. The summed E-state index contributed by atoms with van der Waals surface area (Å²) in [4.78, 5) is 12.9. The molecule has 0 amide bonds. The first-order valence-electron chi connectivity index (χ1n) is 8.52. The second-order valence-electron chi connectivity index (χ2n) is 7.08. The number of ether oxygens (including phenoxy) is 1. The molecule has 3 heterocycles. The van der Waals surface area contributed by atoms with E-state index in [2.05, 4.69) is 36.0 Å². The zero-order valence-electron chi connectivity index (χ0n) is 15.1. The van der Waals surface area contributed by atoms with Gasteiger partial charge < -0.3 is 15.0 Å². The van der Waals surface area contributed by atoms with E-state index in [4.69, 9.17) is 9.72 Å². The Morgan fingerprint density at radius 2 is 2.25 bits per heavy atom. The number of aliphatic imine (C=N–C) groups is 1. The van der Waals surface area contributed by atoms with Crippen molar-refractivity contribution in [3.05, 3.63) is 15.6 Å². The highest BCUT2D eigenvalue weighted by atomic mass is 127. The smallest absolute Gasteiger partial charge is 0.194 e. The lowest BCUT2D eigenvalue weighted by molar-refractivity contribution is 0.156. The van der Waals surface area contributed by atoms with Crippen LogP contribution in [0.15, 0.2) is 4.99 Å². The van der Waals surface area contributed by atoms with Crippen LogP contribution in [-0.2, 0) is 11.3 Å². The van der Waals surface area contributed by atoms with E-state index in [1.807, 2.05) is 7.05 Å². The molecule has 7 heteroatoms. The van der Waals surface area contributed by atoms with Crippen LogP contribution in [0.5, 0.6) is 0 Å². The van der Waals surface area contributed by atoms with Gasteiger partial charge in [0.15, 0.2) is 5.96 Å². The van der Waals surface area contributed by atoms with Crippen molar-refractivity contribution in [1.29, 1.82) is 0 Å². The number of thiazole rings is 1. The maximum Gasteiger partial charge on any atom is 0.194 e. The normalized spacial score (nSPS) is 24.0. The van der Waals surface area contributed by atoms with Gasteiger partial charge in [-0.05, 0) is 25.7 Å². The summed E-state index contributed by atoms with van der Waals surface area (Å²) >= 11 is 1.79. The lowest BCUT2D eigenvalue weighted by Crippen LogP contribution is -2.41. The van der Waals surface area contributed by atoms with Crippen molar-refractivity contribution in [2.45, 2.75) is 46.1 Å². The lowest BCUT2D eigenvalue weighted by atomic mass is 9.87. The van der Waals surface area contributed by atoms with Gasteiger partial charge in [0.05, 0.1) is 18.8 Å². The highest BCUT2D eigenvalue weighted by Crippen LogP contribution is 2.38. The Morgan fingerprint density at radius 3 is 2.83 bits per heavy atom. The van der Waals surface area contributed by atoms with Crippen molar-refractivity contribution in [2.24, 2.45) is 10.4 Å². The van der Waals surface area contributed by atoms with Gasteiger partial charge in [-0.15, -0.1) is 35.3 Å². The predicted molar refractivity (Wildman–Crippen MR) is 111 cm³/mol. The van der Waals surface area contributed by atoms with Crippen molar-refractivity contribution in [2.75, 3.05) is 33.4 Å². The average Bonchev–Trinajstić information content (AvgIpc) is 3.22. The summed E-state index contributed by atoms with van der Waals surface area (Å²) < 4.78 is 5.62. The minimum absolute atomic E-state index is 0. The summed E-state index contributed by atoms with van der Waals surface area (Å²) in [6.07, 6.45) is 2.39. The molecule has 1 unspecified atom stereocenters. The molecule has 2 fully saturated rings. The van der Waals surface area contributed by atoms with Crippen LogP contribution in [0.25, 0.3) is 0 Å². The molecule has 136 valence electrons. The van der Waals surface area contributed by atoms with E-state index in [1.54, 1.807) is 11.3 Å². The van der Waals surface area contributed by atoms with Crippen LogP contribution in [0.3, 0.4) is 0 Å². The van der Waals surface area contributed by atoms with Gasteiger partial charge in [0.25, 0.3) is 0 Å². The third kappa shape index (κ3) is 4.22. The Morgan fingerprint density at radius 1 is 1.46 bits per heavy atom. The quantitative estimate of drug-likeness (QED) is 0.424. The number of guanidine groups is 1. The summed E-state index contributed by atoms with van der Waals surface area (Å²) in [6, 6.07) is 0. The number of nitrogens with one attached hydrogen (secondary N) is 1. The van der Waals surface area contributed by atoms with Gasteiger partial charge >= 0.3 is 0 Å². The monoisotopic (exact) mass is 464 g/mol. The molecule has 0 aliphatic carbocycles. The number of aryl methyl sites for hydroxylation is 1. The molecule has 0 aromatic carbocycles. The second-order valence-corrected chi connectivity index (χ2v) is 8.37. The molecular weight excluding hydrogens is 435 g/mol. The molecule has 0 radical (unpaired) electrons. The Balaban J connectivity index is 0.00000208. The zero-order valence-corrected chi connectivity index (χ0v) is 18.2. The number of likely N-dealkylation sites (tertiary alicyclic amines) is 1. The van der Waals surface area contributed by atoms with E-state index in [0.29, 0.717) is 11.3 Å². The maximum absolute atomic E-state index is 5.62. The summed E-state index contributed by atoms with van der Waals surface area (Å²) in [5, 5.41) is 4.64. The SMILES string of the molecule is CN=C(NCc1nc(C(C)C)c(C)s1)N1CCC2(CCOC2)C1.I. The van der Waals surface area contributed by atoms with Gasteiger partial charge in [-0.1, -0.05) is 13.8 Å². The molecule has 1 atom stereocenters. The molecule has 5 nitrogen and oxygen atoms in total. The van der Waals surface area contributed by atoms with Gasteiger partial charge in [0.2, 0.25) is 0 Å². The summed E-state index contributed by atoms with van der Waals surface area (Å²) in [5.41, 5.74) is 1.59. The van der Waals surface area contributed by atoms with Crippen molar-refractivity contribution in [3.8, 4) is 0 Å². The molecule has 1 spiro atoms. The third-order valence-electron chi connectivity index (χ3n) is 4.96. The van der Waals surface area contributed by atoms with Gasteiger partial charge in [0, 0.05) is 37.0 Å². The first-order valence-corrected chi connectivity index (χ1v) is 9.34. The van der Waals surface area contributed by atoms with Crippen molar-refractivity contribution in [1.82, 2.24) is 15.2 Å². The molecule has 0 bridgehead atoms. The number of nitrogens with zero attached hydrogens (tertiary/aromatic N) is 3. The average molecular weight is 464 g/mol. The summed E-state index contributed by atoms with van der Waals surface area (Å²) in [5.74, 6) is 1.48. The second kappa shape index (κ2) is 8.31. The molecule has 3 rings (SSSR count). The van der Waals surface area contributed by atoms with Crippen LogP contribution in [0.2, 0.25) is 0 Å². The Labute approximate surface area is 166 Å². The predicted octanol–water partition coefficient (Wildman–Crippen LogP) is 3.38. The summed E-state index contributed by atoms with van der Waals surface area (Å²) in [7, 11) is 1.87. The Kier molecular flexibility index (Phi) is 6.90. The number of halogens is 1. The van der Waals surface area contributed by atoms with Crippen LogP contribution in [-0.4, -0.2) is 49.2 Å². The highest BCUT2D eigenvalue weighted by molar-refractivity contribution is 14.0. The first-order chi connectivity index (χ1) is 11.0. The maximum atomic E-state index is 5.62. The van der Waals surface area contributed by atoms with Gasteiger partial charge in [-0.3, -0.25) is 4.99 Å². The third-order valence-corrected chi connectivity index (χ3v) is 5.94. The van der Waals surface area contributed by atoms with Crippen molar-refractivity contribution >= 4 is 41.3 Å². The fourth-order valence-corrected chi connectivity index (χ4v) is 4.68. The Bertz CT molecular complexity index is 581. The van der Waals surface area contributed by atoms with Gasteiger partial charge in [-0.25, -0.2) is 4.98 Å². The van der Waals surface area contributed by atoms with E-state index in [9.17, 15) is 0 Å². The van der Waals surface area contributed by atoms with Crippen LogP contribution in [0.4, 0.5) is 0 Å². The number of rotatable bonds is 3. The topological polar surface area (TPSA) is 49.8 Å². The molecule has 2 aliphatic rings. The minimum atomic E-state index is 0. The van der Waals surface area contributed by atoms with Gasteiger partial charge in [-0.2, -0.15) is 0 Å². The Hall–Kier alpha value is -0.410. The van der Waals surface area contributed by atoms with Crippen LogP contribution in [0, 0.1) is 12.3 Å². The van der Waals surface area contributed by atoms with Crippen LogP contribution < -0.4 is 5.32 Å². The highest BCUT2D eigenvalue weighted by Gasteiger charge is 2.42. The van der Waals surface area contributed by atoms with E-state index in [-0.39, 0.29) is 24.0 Å². The van der Waals surface area contributed by atoms with Crippen LogP contribution in [0.1, 0.15) is 48.2 Å². The number of aromatic nitrogens is 1. The zero-order chi connectivity index (χ0) is 16.4. The molecule has 2 saturated heterocycles. The molecule has 24 heavy (non-hydrogen) atoms. The van der Waals surface area contributed by atoms with Crippen LogP contribution >= 0.6 is 35.3 Å². The largest absolute Gasteiger partial charge is 0.381 e. The number of hydrogen-bond acceptors (Lipinski definition) is 4. The molecule has 1 aromatic rings. The molecule has 1 aromatic heterocycles. The summed E-state index contributed by atoms with van der Waals surface area (Å²) in [6.45, 7) is 11.3. The van der Waals surface area contributed by atoms with E-state index < -0.39 is 0 Å². The number of hydrogen-bond donors (Lipinski definition) is 1. The molecule has 1 N–H and O–H groups in total. The van der Waals surface area contributed by atoms with E-state index in [1.165, 1.54) is 23.4 Å². The van der Waals surface area contributed by atoms with E-state index >= 15 is 0 Å². The van der Waals surface area contributed by atoms with Crippen molar-refractivity contribution in [3.63, 3.8) is 0 Å². The first kappa shape index (κ1) is 19.9. The fraction of sp³-hybridized carbons (Fsp3) is 0.765.